The molecule has 18 heavy (non-hydrogen) atoms. The summed E-state index contributed by atoms with van der Waals surface area (Å²) in [5.74, 6) is -0.496. The first kappa shape index (κ1) is 13.5. The van der Waals surface area contributed by atoms with Crippen LogP contribution in [0.1, 0.15) is 17.8 Å². The highest BCUT2D eigenvalue weighted by Gasteiger charge is 2.12. The SMILES string of the molecule is CC(Nc1cc(F)c(Cl)cc1N)c1ccc(Cl)s1. The molecule has 0 aliphatic heterocycles. The Bertz CT molecular complexity index is 571. The maximum absolute atomic E-state index is 13.4. The fourth-order valence-corrected chi connectivity index (χ4v) is 2.79. The Balaban J connectivity index is 2.21. The molecule has 1 atom stereocenters. The molecule has 0 saturated carbocycles. The molecule has 1 heterocycles. The third kappa shape index (κ3) is 2.88. The van der Waals surface area contributed by atoms with Gasteiger partial charge < -0.3 is 11.1 Å². The van der Waals surface area contributed by atoms with Crippen LogP contribution in [0.3, 0.4) is 0 Å². The molecule has 0 fully saturated rings. The molecule has 0 amide bonds. The van der Waals surface area contributed by atoms with Crippen molar-refractivity contribution in [3.63, 3.8) is 0 Å². The minimum Gasteiger partial charge on any atom is -0.397 e. The first-order valence-electron chi connectivity index (χ1n) is 5.23. The van der Waals surface area contributed by atoms with Gasteiger partial charge in [-0.3, -0.25) is 0 Å². The van der Waals surface area contributed by atoms with E-state index in [9.17, 15) is 4.39 Å². The van der Waals surface area contributed by atoms with Crippen molar-refractivity contribution in [1.29, 1.82) is 0 Å². The number of thiophene rings is 1. The van der Waals surface area contributed by atoms with Crippen molar-refractivity contribution < 1.29 is 4.39 Å². The lowest BCUT2D eigenvalue weighted by molar-refractivity contribution is 0.628. The van der Waals surface area contributed by atoms with E-state index in [0.29, 0.717) is 15.7 Å². The second-order valence-corrected chi connectivity index (χ2v) is 6.02. The van der Waals surface area contributed by atoms with Crippen molar-refractivity contribution in [2.24, 2.45) is 0 Å². The van der Waals surface area contributed by atoms with Gasteiger partial charge in [0, 0.05) is 10.9 Å². The van der Waals surface area contributed by atoms with Crippen molar-refractivity contribution in [3.05, 3.63) is 44.3 Å². The van der Waals surface area contributed by atoms with Gasteiger partial charge in [-0.15, -0.1) is 11.3 Å². The van der Waals surface area contributed by atoms with Gasteiger partial charge in [0.2, 0.25) is 0 Å². The monoisotopic (exact) mass is 304 g/mol. The van der Waals surface area contributed by atoms with Crippen LogP contribution in [0.15, 0.2) is 24.3 Å². The van der Waals surface area contributed by atoms with Crippen molar-refractivity contribution in [3.8, 4) is 0 Å². The van der Waals surface area contributed by atoms with Crippen molar-refractivity contribution in [2.45, 2.75) is 13.0 Å². The minimum atomic E-state index is -0.496. The highest BCUT2D eigenvalue weighted by atomic mass is 35.5. The number of anilines is 2. The average molecular weight is 305 g/mol. The highest BCUT2D eigenvalue weighted by Crippen LogP contribution is 2.32. The van der Waals surface area contributed by atoms with E-state index in [0.717, 1.165) is 4.88 Å². The topological polar surface area (TPSA) is 38.0 Å². The molecule has 2 rings (SSSR count). The highest BCUT2D eigenvalue weighted by molar-refractivity contribution is 7.16. The third-order valence-corrected chi connectivity index (χ3v) is 4.19. The van der Waals surface area contributed by atoms with E-state index in [1.54, 1.807) is 0 Å². The minimum absolute atomic E-state index is 0.00891. The van der Waals surface area contributed by atoms with E-state index < -0.39 is 5.82 Å². The molecule has 2 nitrogen and oxygen atoms in total. The third-order valence-electron chi connectivity index (χ3n) is 2.49. The summed E-state index contributed by atoms with van der Waals surface area (Å²) in [4.78, 5) is 1.05. The zero-order valence-corrected chi connectivity index (χ0v) is 11.8. The lowest BCUT2D eigenvalue weighted by Crippen LogP contribution is -2.07. The van der Waals surface area contributed by atoms with E-state index in [4.69, 9.17) is 28.9 Å². The van der Waals surface area contributed by atoms with Crippen LogP contribution in [0.2, 0.25) is 9.36 Å². The summed E-state index contributed by atoms with van der Waals surface area (Å²) in [7, 11) is 0. The van der Waals surface area contributed by atoms with E-state index in [1.807, 2.05) is 19.1 Å². The Labute approximate surface area is 119 Å². The average Bonchev–Trinajstić information content (AvgIpc) is 2.73. The Morgan fingerprint density at radius 3 is 2.67 bits per heavy atom. The van der Waals surface area contributed by atoms with Crippen LogP contribution in [-0.2, 0) is 0 Å². The molecule has 0 aliphatic rings. The van der Waals surface area contributed by atoms with Crippen LogP contribution in [0, 0.1) is 5.82 Å². The number of hydrogen-bond acceptors (Lipinski definition) is 3. The fraction of sp³-hybridized carbons (Fsp3) is 0.167. The predicted molar refractivity (Wildman–Crippen MR) is 77.2 cm³/mol. The number of rotatable bonds is 3. The summed E-state index contributed by atoms with van der Waals surface area (Å²) in [6.45, 7) is 1.95. The summed E-state index contributed by atoms with van der Waals surface area (Å²) < 4.78 is 14.1. The van der Waals surface area contributed by atoms with Gasteiger partial charge in [0.1, 0.15) is 5.82 Å². The molecule has 96 valence electrons. The number of nitrogen functional groups attached to an aromatic ring is 1. The van der Waals surface area contributed by atoms with Gasteiger partial charge in [0.15, 0.2) is 0 Å². The van der Waals surface area contributed by atoms with Gasteiger partial charge >= 0.3 is 0 Å². The van der Waals surface area contributed by atoms with Crippen molar-refractivity contribution in [1.82, 2.24) is 0 Å². The van der Waals surface area contributed by atoms with Gasteiger partial charge in [0.05, 0.1) is 26.8 Å². The summed E-state index contributed by atoms with van der Waals surface area (Å²) >= 11 is 13.0. The summed E-state index contributed by atoms with van der Waals surface area (Å²) in [6.07, 6.45) is 0. The van der Waals surface area contributed by atoms with Crippen LogP contribution < -0.4 is 11.1 Å². The summed E-state index contributed by atoms with van der Waals surface area (Å²) in [5, 5.41) is 3.15. The van der Waals surface area contributed by atoms with Gasteiger partial charge in [0.25, 0.3) is 0 Å². The van der Waals surface area contributed by atoms with Crippen molar-refractivity contribution in [2.75, 3.05) is 11.1 Å². The molecule has 0 aliphatic carbocycles. The number of nitrogens with two attached hydrogens (primary N) is 1. The second kappa shape index (κ2) is 5.34. The molecule has 3 N–H and O–H groups in total. The second-order valence-electron chi connectivity index (χ2n) is 3.86. The van der Waals surface area contributed by atoms with E-state index in [2.05, 4.69) is 5.32 Å². The first-order valence-corrected chi connectivity index (χ1v) is 6.81. The van der Waals surface area contributed by atoms with E-state index in [1.165, 1.54) is 23.5 Å². The summed E-state index contributed by atoms with van der Waals surface area (Å²) in [5.41, 5.74) is 6.72. The van der Waals surface area contributed by atoms with E-state index >= 15 is 0 Å². The lowest BCUT2D eigenvalue weighted by Gasteiger charge is -2.16. The molecule has 0 bridgehead atoms. The molecule has 1 aromatic carbocycles. The summed E-state index contributed by atoms with van der Waals surface area (Å²) in [6, 6.07) is 6.43. The number of halogens is 3. The standard InChI is InChI=1S/C12H11Cl2FN2S/c1-6(11-2-3-12(14)18-11)17-10-5-8(15)7(13)4-9(10)16/h2-6,17H,16H2,1H3. The molecule has 0 radical (unpaired) electrons. The Kier molecular flexibility index (Phi) is 4.00. The van der Waals surface area contributed by atoms with Crippen molar-refractivity contribution >= 4 is 45.9 Å². The lowest BCUT2D eigenvalue weighted by atomic mass is 10.2. The maximum atomic E-state index is 13.4. The number of nitrogens with one attached hydrogen (secondary N) is 1. The van der Waals surface area contributed by atoms with Crippen LogP contribution in [0.25, 0.3) is 0 Å². The van der Waals surface area contributed by atoms with Crippen LogP contribution in [-0.4, -0.2) is 0 Å². The fourth-order valence-electron chi connectivity index (χ4n) is 1.55. The first-order chi connectivity index (χ1) is 8.47. The van der Waals surface area contributed by atoms with Gasteiger partial charge in [-0.1, -0.05) is 23.2 Å². The molecular weight excluding hydrogens is 294 g/mol. The molecular formula is C12H11Cl2FN2S. The Morgan fingerprint density at radius 1 is 1.33 bits per heavy atom. The zero-order valence-electron chi connectivity index (χ0n) is 9.51. The van der Waals surface area contributed by atoms with E-state index in [-0.39, 0.29) is 11.1 Å². The van der Waals surface area contributed by atoms with Gasteiger partial charge in [-0.25, -0.2) is 4.39 Å². The zero-order chi connectivity index (χ0) is 13.3. The number of benzene rings is 1. The maximum Gasteiger partial charge on any atom is 0.143 e. The Hall–Kier alpha value is -0.970. The largest absolute Gasteiger partial charge is 0.397 e. The predicted octanol–water partition coefficient (Wildman–Crippen LogP) is 4.95. The van der Waals surface area contributed by atoms with Crippen LogP contribution >= 0.6 is 34.5 Å². The molecule has 1 unspecified atom stereocenters. The molecule has 1 aromatic heterocycles. The molecule has 0 saturated heterocycles. The van der Waals surface area contributed by atoms with Gasteiger partial charge in [-0.05, 0) is 25.1 Å². The number of hydrogen-bond donors (Lipinski definition) is 2. The van der Waals surface area contributed by atoms with Gasteiger partial charge in [-0.2, -0.15) is 0 Å². The smallest absolute Gasteiger partial charge is 0.143 e. The molecule has 6 heteroatoms. The normalized spacial score (nSPS) is 12.4. The quantitative estimate of drug-likeness (QED) is 0.787. The van der Waals surface area contributed by atoms with Crippen LogP contribution in [0.4, 0.5) is 15.8 Å². The van der Waals surface area contributed by atoms with Crippen LogP contribution in [0.5, 0.6) is 0 Å². The molecule has 2 aromatic rings. The Morgan fingerprint density at radius 2 is 2.06 bits per heavy atom. The molecule has 0 spiro atoms.